The van der Waals surface area contributed by atoms with Gasteiger partial charge in [0, 0.05) is 36.3 Å². The number of sulfonamides is 1. The molecule has 0 saturated carbocycles. The number of carbonyl (C=O) groups excluding carboxylic acids is 1. The molecule has 4 aromatic rings. The molecule has 3 heterocycles. The number of urea groups is 1. The smallest absolute Gasteiger partial charge is 0.321 e. The first-order valence-electron chi connectivity index (χ1n) is 10.1. The molecule has 12 heteroatoms. The van der Waals surface area contributed by atoms with Gasteiger partial charge in [0.25, 0.3) is 0 Å². The van der Waals surface area contributed by atoms with E-state index < -0.39 is 10.0 Å². The summed E-state index contributed by atoms with van der Waals surface area (Å²) in [5, 5.41) is 5.90. The van der Waals surface area contributed by atoms with E-state index in [1.165, 1.54) is 18.3 Å². The molecule has 10 nitrogen and oxygen atoms in total. The molecule has 0 saturated heterocycles. The van der Waals surface area contributed by atoms with E-state index in [1.54, 1.807) is 18.6 Å². The van der Waals surface area contributed by atoms with Gasteiger partial charge in [0.05, 0.1) is 21.7 Å². The second kappa shape index (κ2) is 9.46. The van der Waals surface area contributed by atoms with Gasteiger partial charge in [0.15, 0.2) is 5.13 Å². The fourth-order valence-corrected chi connectivity index (χ4v) is 4.50. The first-order chi connectivity index (χ1) is 15.9. The van der Waals surface area contributed by atoms with Gasteiger partial charge >= 0.3 is 6.03 Å². The van der Waals surface area contributed by atoms with Crippen molar-refractivity contribution in [3.8, 4) is 22.4 Å². The largest absolute Gasteiger partial charge is 0.338 e. The van der Waals surface area contributed by atoms with Crippen molar-refractivity contribution < 1.29 is 13.2 Å². The molecule has 2 amide bonds. The standard InChI is InChI=1S/C21H21N7O3S2/c1-3-22-20(29)27-21-26-17-10-13(9-15(18(17)32-21)16-7-5-6-8-23-16)14-11-24-19(25-12-14)28-33(30,31)4-2/h5-12H,3-4H2,1-2H3,(H,24,25,28)(H2,22,26,27,29). The number of hydrogen-bond donors (Lipinski definition) is 3. The number of amides is 2. The van der Waals surface area contributed by atoms with Crippen molar-refractivity contribution in [1.29, 1.82) is 0 Å². The van der Waals surface area contributed by atoms with Crippen LogP contribution in [0.4, 0.5) is 15.9 Å². The number of pyridine rings is 1. The average Bonchev–Trinajstić information content (AvgIpc) is 3.21. The van der Waals surface area contributed by atoms with E-state index in [2.05, 4.69) is 35.3 Å². The monoisotopic (exact) mass is 483 g/mol. The Morgan fingerprint density at radius 2 is 1.85 bits per heavy atom. The first kappa shape index (κ1) is 22.6. The van der Waals surface area contributed by atoms with Crippen molar-refractivity contribution in [1.82, 2.24) is 25.3 Å². The molecule has 0 aliphatic heterocycles. The molecule has 0 spiro atoms. The van der Waals surface area contributed by atoms with Crippen molar-refractivity contribution in [3.05, 3.63) is 48.9 Å². The molecule has 1 aromatic carbocycles. The number of rotatable bonds is 7. The lowest BCUT2D eigenvalue weighted by Gasteiger charge is -2.08. The van der Waals surface area contributed by atoms with Crippen molar-refractivity contribution in [3.63, 3.8) is 0 Å². The van der Waals surface area contributed by atoms with Crippen LogP contribution < -0.4 is 15.4 Å². The highest BCUT2D eigenvalue weighted by molar-refractivity contribution is 7.92. The Kier molecular flexibility index (Phi) is 6.47. The summed E-state index contributed by atoms with van der Waals surface area (Å²) >= 11 is 1.36. The second-order valence-corrected chi connectivity index (χ2v) is 9.90. The van der Waals surface area contributed by atoms with Crippen molar-refractivity contribution in [2.45, 2.75) is 13.8 Å². The van der Waals surface area contributed by atoms with Gasteiger partial charge in [-0.1, -0.05) is 17.4 Å². The van der Waals surface area contributed by atoms with E-state index in [4.69, 9.17) is 0 Å². The van der Waals surface area contributed by atoms with Crippen molar-refractivity contribution >= 4 is 48.7 Å². The van der Waals surface area contributed by atoms with E-state index in [9.17, 15) is 13.2 Å². The van der Waals surface area contributed by atoms with E-state index in [0.717, 1.165) is 21.5 Å². The minimum Gasteiger partial charge on any atom is -0.338 e. The SMILES string of the molecule is CCNC(=O)Nc1nc2cc(-c3cnc(NS(=O)(=O)CC)nc3)cc(-c3ccccn3)c2s1. The molecule has 0 fully saturated rings. The minimum absolute atomic E-state index is 0.00806. The molecule has 3 aromatic heterocycles. The van der Waals surface area contributed by atoms with Crippen LogP contribution in [0.3, 0.4) is 0 Å². The van der Waals surface area contributed by atoms with Crippen LogP contribution in [0.1, 0.15) is 13.8 Å². The highest BCUT2D eigenvalue weighted by Gasteiger charge is 2.16. The van der Waals surface area contributed by atoms with Crippen LogP contribution >= 0.6 is 11.3 Å². The number of nitrogens with one attached hydrogen (secondary N) is 3. The van der Waals surface area contributed by atoms with Gasteiger partial charge in [-0.05, 0) is 43.7 Å². The summed E-state index contributed by atoms with van der Waals surface area (Å²) in [4.78, 5) is 29.3. The molecular weight excluding hydrogens is 462 g/mol. The van der Waals surface area contributed by atoms with Gasteiger partial charge in [0.2, 0.25) is 16.0 Å². The predicted molar refractivity (Wildman–Crippen MR) is 130 cm³/mol. The number of fused-ring (bicyclic) bond motifs is 1. The Balaban J connectivity index is 1.76. The number of aromatic nitrogens is 4. The molecule has 170 valence electrons. The third-order valence-corrected chi connectivity index (χ3v) is 6.87. The van der Waals surface area contributed by atoms with Gasteiger partial charge in [-0.3, -0.25) is 15.0 Å². The molecule has 0 aliphatic rings. The summed E-state index contributed by atoms with van der Waals surface area (Å²) in [6.07, 6.45) is 4.80. The van der Waals surface area contributed by atoms with Crippen LogP contribution in [0.5, 0.6) is 0 Å². The zero-order chi connectivity index (χ0) is 23.4. The lowest BCUT2D eigenvalue weighted by Crippen LogP contribution is -2.28. The Hall–Kier alpha value is -3.64. The number of nitrogens with zero attached hydrogens (tertiary/aromatic N) is 4. The zero-order valence-electron chi connectivity index (χ0n) is 17.9. The topological polar surface area (TPSA) is 139 Å². The fourth-order valence-electron chi connectivity index (χ4n) is 3.01. The Labute approximate surface area is 194 Å². The molecule has 3 N–H and O–H groups in total. The van der Waals surface area contributed by atoms with Crippen LogP contribution in [0.15, 0.2) is 48.9 Å². The lowest BCUT2D eigenvalue weighted by atomic mass is 10.0. The van der Waals surface area contributed by atoms with Gasteiger partial charge in [-0.15, -0.1) is 0 Å². The Bertz CT molecular complexity index is 1390. The van der Waals surface area contributed by atoms with Crippen LogP contribution in [0, 0.1) is 0 Å². The highest BCUT2D eigenvalue weighted by Crippen LogP contribution is 2.38. The molecule has 0 aliphatic carbocycles. The minimum atomic E-state index is -3.46. The van der Waals surface area contributed by atoms with Gasteiger partial charge < -0.3 is 5.32 Å². The van der Waals surface area contributed by atoms with Crippen molar-refractivity contribution in [2.75, 3.05) is 22.3 Å². The summed E-state index contributed by atoms with van der Waals surface area (Å²) < 4.78 is 26.7. The van der Waals surface area contributed by atoms with Crippen LogP contribution in [0.25, 0.3) is 32.6 Å². The van der Waals surface area contributed by atoms with Crippen molar-refractivity contribution in [2.24, 2.45) is 0 Å². The fraction of sp³-hybridized carbons (Fsp3) is 0.190. The van der Waals surface area contributed by atoms with Gasteiger partial charge in [-0.2, -0.15) is 0 Å². The molecule has 4 rings (SSSR count). The lowest BCUT2D eigenvalue weighted by molar-refractivity contribution is 0.252. The number of benzene rings is 1. The van der Waals surface area contributed by atoms with E-state index in [1.807, 2.05) is 37.3 Å². The predicted octanol–water partition coefficient (Wildman–Crippen LogP) is 3.72. The van der Waals surface area contributed by atoms with Crippen LogP contribution in [-0.2, 0) is 10.0 Å². The second-order valence-electron chi connectivity index (χ2n) is 6.89. The van der Waals surface area contributed by atoms with E-state index in [0.29, 0.717) is 22.8 Å². The molecule has 33 heavy (non-hydrogen) atoms. The maximum Gasteiger partial charge on any atom is 0.321 e. The average molecular weight is 484 g/mol. The number of thiazole rings is 1. The van der Waals surface area contributed by atoms with Crippen LogP contribution in [0.2, 0.25) is 0 Å². The van der Waals surface area contributed by atoms with Gasteiger partial charge in [0.1, 0.15) is 0 Å². The third-order valence-electron chi connectivity index (χ3n) is 4.60. The Morgan fingerprint density at radius 3 is 2.52 bits per heavy atom. The normalized spacial score (nSPS) is 11.3. The zero-order valence-corrected chi connectivity index (χ0v) is 19.5. The van der Waals surface area contributed by atoms with Crippen LogP contribution in [-0.4, -0.2) is 46.7 Å². The molecular formula is C21H21N7O3S2. The summed E-state index contributed by atoms with van der Waals surface area (Å²) in [6.45, 7) is 3.88. The maximum absolute atomic E-state index is 12.0. The van der Waals surface area contributed by atoms with E-state index in [-0.39, 0.29) is 17.7 Å². The maximum atomic E-state index is 12.0. The summed E-state index contributed by atoms with van der Waals surface area (Å²) in [5.74, 6) is -0.0627. The number of carbonyl (C=O) groups is 1. The number of anilines is 2. The molecule has 0 atom stereocenters. The first-order valence-corrected chi connectivity index (χ1v) is 12.6. The number of hydrogen-bond acceptors (Lipinski definition) is 8. The summed E-state index contributed by atoms with van der Waals surface area (Å²) in [7, 11) is -3.46. The summed E-state index contributed by atoms with van der Waals surface area (Å²) in [5.41, 5.74) is 3.74. The highest BCUT2D eigenvalue weighted by atomic mass is 32.2. The quantitative estimate of drug-likeness (QED) is 0.364. The molecule has 0 radical (unpaired) electrons. The summed E-state index contributed by atoms with van der Waals surface area (Å²) in [6, 6.07) is 9.13. The Morgan fingerprint density at radius 1 is 1.06 bits per heavy atom. The molecule has 0 bridgehead atoms. The molecule has 0 unspecified atom stereocenters. The van der Waals surface area contributed by atoms with E-state index >= 15 is 0 Å². The van der Waals surface area contributed by atoms with Gasteiger partial charge in [-0.25, -0.2) is 28.2 Å². The third kappa shape index (κ3) is 5.23.